The standard InChI is InChI=1S/C20H17N3O3S/c1-25-8-9-26-15-4-2-3-14(11-15)18-5-7-21-20-17(12-22-23(18)20)16-6-10-27-19(16)13-24/h2-7,10-13H,8-9H2,1H3. The van der Waals surface area contributed by atoms with Crippen molar-refractivity contribution in [2.24, 2.45) is 0 Å². The number of hydrogen-bond acceptors (Lipinski definition) is 6. The van der Waals surface area contributed by atoms with Crippen molar-refractivity contribution in [3.8, 4) is 28.1 Å². The molecule has 0 spiro atoms. The molecule has 1 aromatic carbocycles. The monoisotopic (exact) mass is 379 g/mol. The van der Waals surface area contributed by atoms with E-state index in [-0.39, 0.29) is 0 Å². The highest BCUT2D eigenvalue weighted by molar-refractivity contribution is 7.12. The highest BCUT2D eigenvalue weighted by atomic mass is 32.1. The van der Waals surface area contributed by atoms with Crippen molar-refractivity contribution in [2.45, 2.75) is 0 Å². The number of carbonyl (C=O) groups excluding carboxylic acids is 1. The van der Waals surface area contributed by atoms with Gasteiger partial charge in [-0.2, -0.15) is 5.10 Å². The molecule has 0 saturated carbocycles. The Morgan fingerprint density at radius 3 is 2.96 bits per heavy atom. The number of rotatable bonds is 7. The molecule has 0 fully saturated rings. The quantitative estimate of drug-likeness (QED) is 0.359. The molecule has 0 saturated heterocycles. The van der Waals surface area contributed by atoms with Crippen LogP contribution in [0.1, 0.15) is 9.67 Å². The number of carbonyl (C=O) groups is 1. The van der Waals surface area contributed by atoms with Crippen LogP contribution in [0.5, 0.6) is 5.75 Å². The van der Waals surface area contributed by atoms with Crippen molar-refractivity contribution in [3.05, 3.63) is 59.0 Å². The first-order valence-electron chi connectivity index (χ1n) is 8.40. The molecule has 6 nitrogen and oxygen atoms in total. The topological polar surface area (TPSA) is 65.7 Å². The van der Waals surface area contributed by atoms with E-state index in [0.717, 1.165) is 34.4 Å². The van der Waals surface area contributed by atoms with Crippen molar-refractivity contribution >= 4 is 23.3 Å². The number of methoxy groups -OCH3 is 1. The van der Waals surface area contributed by atoms with Crippen LogP contribution in [0.3, 0.4) is 0 Å². The van der Waals surface area contributed by atoms with Crippen molar-refractivity contribution in [3.63, 3.8) is 0 Å². The number of thiophene rings is 1. The fraction of sp³-hybridized carbons (Fsp3) is 0.150. The number of hydrogen-bond donors (Lipinski definition) is 0. The molecule has 0 aliphatic heterocycles. The highest BCUT2D eigenvalue weighted by Crippen LogP contribution is 2.32. The van der Waals surface area contributed by atoms with E-state index < -0.39 is 0 Å². The fourth-order valence-corrected chi connectivity index (χ4v) is 3.63. The molecule has 27 heavy (non-hydrogen) atoms. The van der Waals surface area contributed by atoms with E-state index in [1.807, 2.05) is 41.8 Å². The molecule has 0 bridgehead atoms. The normalized spacial score (nSPS) is 11.0. The molecule has 3 heterocycles. The number of aldehydes is 1. The summed E-state index contributed by atoms with van der Waals surface area (Å²) in [5, 5.41) is 6.41. The first-order valence-corrected chi connectivity index (χ1v) is 9.27. The van der Waals surface area contributed by atoms with E-state index in [4.69, 9.17) is 9.47 Å². The van der Waals surface area contributed by atoms with Crippen LogP contribution in [-0.4, -0.2) is 41.2 Å². The van der Waals surface area contributed by atoms with E-state index >= 15 is 0 Å². The summed E-state index contributed by atoms with van der Waals surface area (Å²) in [6.45, 7) is 1.02. The first kappa shape index (κ1) is 17.4. The van der Waals surface area contributed by atoms with Gasteiger partial charge in [-0.1, -0.05) is 12.1 Å². The largest absolute Gasteiger partial charge is 0.491 e. The van der Waals surface area contributed by atoms with E-state index in [0.29, 0.717) is 23.7 Å². The van der Waals surface area contributed by atoms with Gasteiger partial charge in [-0.3, -0.25) is 4.79 Å². The van der Waals surface area contributed by atoms with Gasteiger partial charge in [0, 0.05) is 30.0 Å². The van der Waals surface area contributed by atoms with Gasteiger partial charge in [-0.05, 0) is 29.6 Å². The zero-order valence-electron chi connectivity index (χ0n) is 14.7. The smallest absolute Gasteiger partial charge is 0.163 e. The van der Waals surface area contributed by atoms with Crippen LogP contribution >= 0.6 is 11.3 Å². The zero-order chi connectivity index (χ0) is 18.6. The van der Waals surface area contributed by atoms with Crippen LogP contribution in [0.15, 0.2) is 54.2 Å². The van der Waals surface area contributed by atoms with Gasteiger partial charge < -0.3 is 9.47 Å². The molecular formula is C20H17N3O3S. The van der Waals surface area contributed by atoms with Crippen LogP contribution in [0.2, 0.25) is 0 Å². The zero-order valence-corrected chi connectivity index (χ0v) is 15.5. The average Bonchev–Trinajstić information content (AvgIpc) is 3.34. The Morgan fingerprint density at radius 1 is 1.19 bits per heavy atom. The van der Waals surface area contributed by atoms with Gasteiger partial charge in [0.2, 0.25) is 0 Å². The van der Waals surface area contributed by atoms with E-state index in [1.165, 1.54) is 11.3 Å². The Labute approximate surface area is 160 Å². The second kappa shape index (κ2) is 7.69. The third-order valence-electron chi connectivity index (χ3n) is 4.18. The molecule has 0 radical (unpaired) electrons. The average molecular weight is 379 g/mol. The molecule has 0 atom stereocenters. The maximum Gasteiger partial charge on any atom is 0.163 e. The SMILES string of the molecule is COCCOc1cccc(-c2ccnc3c(-c4ccsc4C=O)cnn23)c1. The van der Waals surface area contributed by atoms with Crippen molar-refractivity contribution in [1.82, 2.24) is 14.6 Å². The summed E-state index contributed by atoms with van der Waals surface area (Å²) in [6.07, 6.45) is 4.37. The lowest BCUT2D eigenvalue weighted by Crippen LogP contribution is -2.04. The molecule has 0 aliphatic rings. The molecule has 4 rings (SSSR count). The molecule has 0 unspecified atom stereocenters. The summed E-state index contributed by atoms with van der Waals surface area (Å²) < 4.78 is 12.5. The van der Waals surface area contributed by atoms with Gasteiger partial charge in [0.1, 0.15) is 12.4 Å². The number of aromatic nitrogens is 3. The molecule has 7 heteroatoms. The first-order chi connectivity index (χ1) is 13.3. The number of nitrogens with zero attached hydrogens (tertiary/aromatic N) is 3. The minimum Gasteiger partial charge on any atom is -0.491 e. The summed E-state index contributed by atoms with van der Waals surface area (Å²) in [5.41, 5.74) is 4.26. The van der Waals surface area contributed by atoms with Crippen molar-refractivity contribution < 1.29 is 14.3 Å². The van der Waals surface area contributed by atoms with Crippen molar-refractivity contribution in [1.29, 1.82) is 0 Å². The molecule has 0 aliphatic carbocycles. The maximum absolute atomic E-state index is 11.3. The lowest BCUT2D eigenvalue weighted by molar-refractivity contribution is 0.112. The molecule has 0 N–H and O–H groups in total. The van der Waals surface area contributed by atoms with Crippen LogP contribution in [-0.2, 0) is 4.74 Å². The Kier molecular flexibility index (Phi) is 4.95. The van der Waals surface area contributed by atoms with E-state index in [1.54, 1.807) is 24.0 Å². The Bertz CT molecular complexity index is 1090. The van der Waals surface area contributed by atoms with Gasteiger partial charge in [0.25, 0.3) is 0 Å². The minimum atomic E-state index is 0.490. The number of benzene rings is 1. The molecule has 136 valence electrons. The second-order valence-electron chi connectivity index (χ2n) is 5.81. The third-order valence-corrected chi connectivity index (χ3v) is 5.02. The lowest BCUT2D eigenvalue weighted by Gasteiger charge is -2.09. The highest BCUT2D eigenvalue weighted by Gasteiger charge is 2.15. The number of ether oxygens (including phenoxy) is 2. The van der Waals surface area contributed by atoms with Gasteiger partial charge in [-0.15, -0.1) is 11.3 Å². The summed E-state index contributed by atoms with van der Waals surface area (Å²) in [5.74, 6) is 0.767. The predicted molar refractivity (Wildman–Crippen MR) is 104 cm³/mol. The second-order valence-corrected chi connectivity index (χ2v) is 6.76. The minimum absolute atomic E-state index is 0.490. The Hall–Kier alpha value is -3.03. The van der Waals surface area contributed by atoms with Gasteiger partial charge in [-0.25, -0.2) is 9.50 Å². The van der Waals surface area contributed by atoms with Crippen molar-refractivity contribution in [2.75, 3.05) is 20.3 Å². The van der Waals surface area contributed by atoms with Gasteiger partial charge in [0.05, 0.1) is 23.4 Å². The van der Waals surface area contributed by atoms with E-state index in [2.05, 4.69) is 10.1 Å². The fourth-order valence-electron chi connectivity index (χ4n) is 2.92. The Balaban J connectivity index is 1.76. The van der Waals surface area contributed by atoms with Gasteiger partial charge in [0.15, 0.2) is 11.9 Å². The molecule has 4 aromatic rings. The van der Waals surface area contributed by atoms with Crippen LogP contribution < -0.4 is 4.74 Å². The summed E-state index contributed by atoms with van der Waals surface area (Å²) in [6, 6.07) is 11.6. The van der Waals surface area contributed by atoms with Gasteiger partial charge >= 0.3 is 0 Å². The third kappa shape index (κ3) is 3.34. The molecular weight excluding hydrogens is 362 g/mol. The summed E-state index contributed by atoms with van der Waals surface area (Å²) in [4.78, 5) is 16.4. The lowest BCUT2D eigenvalue weighted by atomic mass is 10.1. The summed E-state index contributed by atoms with van der Waals surface area (Å²) in [7, 11) is 1.65. The molecule has 3 aromatic heterocycles. The Morgan fingerprint density at radius 2 is 2.11 bits per heavy atom. The van der Waals surface area contributed by atoms with Crippen LogP contribution in [0.25, 0.3) is 28.0 Å². The summed E-state index contributed by atoms with van der Waals surface area (Å²) >= 11 is 1.41. The molecule has 0 amide bonds. The van der Waals surface area contributed by atoms with Crippen LogP contribution in [0.4, 0.5) is 0 Å². The van der Waals surface area contributed by atoms with E-state index in [9.17, 15) is 4.79 Å². The number of fused-ring (bicyclic) bond motifs is 1. The predicted octanol–water partition coefficient (Wildman–Crippen LogP) is 3.96. The maximum atomic E-state index is 11.3. The van der Waals surface area contributed by atoms with Crippen LogP contribution in [0, 0.1) is 0 Å².